The Morgan fingerprint density at radius 1 is 0.855 bits per heavy atom. The molecule has 0 spiro atoms. The first-order chi connectivity index (χ1) is 26.7. The third kappa shape index (κ3) is 6.43. The second-order valence-corrected chi connectivity index (χ2v) is 14.7. The molecule has 5 aromatic rings. The van der Waals surface area contributed by atoms with Crippen molar-refractivity contribution in [2.45, 2.75) is 56.5 Å². The first-order valence-corrected chi connectivity index (χ1v) is 18.8. The number of piperidine rings is 1. The number of nitrogens with one attached hydrogen (secondary N) is 1. The predicted molar refractivity (Wildman–Crippen MR) is 200 cm³/mol. The molecular formula is C41H39F2N7O5. The van der Waals surface area contributed by atoms with Crippen molar-refractivity contribution in [3.05, 3.63) is 90.1 Å². The van der Waals surface area contributed by atoms with Gasteiger partial charge in [0.1, 0.15) is 29.7 Å². The molecule has 2 saturated heterocycles. The normalized spacial score (nSPS) is 22.1. The fourth-order valence-corrected chi connectivity index (χ4v) is 8.78. The number of aromatic hydroxyl groups is 1. The van der Waals surface area contributed by atoms with Crippen LogP contribution in [0, 0.1) is 11.6 Å². The molecule has 1 saturated carbocycles. The van der Waals surface area contributed by atoms with Crippen LogP contribution in [-0.4, -0.2) is 87.4 Å². The number of carbonyl (C=O) groups excluding carboxylic acids is 3. The number of hydrogen-bond acceptors (Lipinski definition) is 9. The fourth-order valence-electron chi connectivity index (χ4n) is 8.78. The van der Waals surface area contributed by atoms with E-state index < -0.39 is 17.4 Å². The Labute approximate surface area is 315 Å². The molecule has 1 atom stereocenters. The molecule has 1 unspecified atom stereocenters. The summed E-state index contributed by atoms with van der Waals surface area (Å²) >= 11 is 0. The zero-order valence-corrected chi connectivity index (χ0v) is 30.0. The number of phenols is 1. The van der Waals surface area contributed by atoms with Gasteiger partial charge in [-0.1, -0.05) is 12.1 Å². The monoisotopic (exact) mass is 747 g/mol. The number of benzene rings is 3. The number of piperazine rings is 1. The molecule has 1 aliphatic carbocycles. The number of nitrogens with zero attached hydrogens (tertiary/aromatic N) is 6. The van der Waals surface area contributed by atoms with Crippen molar-refractivity contribution in [2.75, 3.05) is 42.6 Å². The predicted octanol–water partition coefficient (Wildman–Crippen LogP) is 5.45. The Bertz CT molecular complexity index is 2320. The molecule has 3 aromatic carbocycles. The highest BCUT2D eigenvalue weighted by atomic mass is 19.1. The van der Waals surface area contributed by atoms with Gasteiger partial charge in [-0.25, -0.2) is 8.78 Å². The molecule has 55 heavy (non-hydrogen) atoms. The second kappa shape index (κ2) is 14.1. The maximum Gasteiger partial charge on any atom is 0.249 e. The summed E-state index contributed by atoms with van der Waals surface area (Å²) in [6.07, 6.45) is 6.53. The summed E-state index contributed by atoms with van der Waals surface area (Å²) < 4.78 is 36.1. The molecule has 5 heterocycles. The van der Waals surface area contributed by atoms with Crippen LogP contribution in [0.3, 0.4) is 0 Å². The summed E-state index contributed by atoms with van der Waals surface area (Å²) in [6, 6.07) is 18.8. The number of ether oxygens (including phenoxy) is 1. The highest BCUT2D eigenvalue weighted by molar-refractivity contribution is 6.02. The average Bonchev–Trinajstić information content (AvgIpc) is 3.62. The maximum absolute atomic E-state index is 14.1. The Hall–Kier alpha value is -5.89. The standard InChI is InChI=1S/C41H39F2N7O5/c42-25-20-30(39(53)31(43)21-25)33-22-36-32(45-46-33)14-15-48(36)27-8-10-28(11-9-27)49-17-16-47(23-38(49)52)26-6-4-24(5-7-26)29-2-1-3-34-40(29)55-19-18-50(34)35-12-13-37(51)44-41(35)54/h1-3,8-11,14-15,20-22,24,26,35,53H,4-7,12-13,16-19,23H2,(H,44,51,54). The lowest BCUT2D eigenvalue weighted by molar-refractivity contribution is -0.134. The van der Waals surface area contributed by atoms with Gasteiger partial charge in [0.2, 0.25) is 17.7 Å². The highest BCUT2D eigenvalue weighted by Gasteiger charge is 2.37. The van der Waals surface area contributed by atoms with Gasteiger partial charge in [0.25, 0.3) is 0 Å². The summed E-state index contributed by atoms with van der Waals surface area (Å²) in [6.45, 7) is 2.77. The lowest BCUT2D eigenvalue weighted by Crippen LogP contribution is -2.54. The Morgan fingerprint density at radius 3 is 2.44 bits per heavy atom. The van der Waals surface area contributed by atoms with Crippen LogP contribution in [-0.2, 0) is 14.4 Å². The third-order valence-corrected chi connectivity index (χ3v) is 11.6. The highest BCUT2D eigenvalue weighted by Crippen LogP contribution is 2.45. The zero-order valence-electron chi connectivity index (χ0n) is 30.0. The summed E-state index contributed by atoms with van der Waals surface area (Å²) in [4.78, 5) is 44.3. The van der Waals surface area contributed by atoms with Gasteiger partial charge >= 0.3 is 0 Å². The molecule has 3 aliphatic heterocycles. The zero-order chi connectivity index (χ0) is 37.8. The number of fused-ring (bicyclic) bond motifs is 2. The van der Waals surface area contributed by atoms with E-state index in [2.05, 4.69) is 31.4 Å². The quantitative estimate of drug-likeness (QED) is 0.218. The number of hydrogen-bond donors (Lipinski definition) is 2. The van der Waals surface area contributed by atoms with E-state index in [4.69, 9.17) is 4.74 Å². The number of phenolic OH excluding ortho intramolecular Hbond substituents is 1. The van der Waals surface area contributed by atoms with Crippen LogP contribution in [0.2, 0.25) is 0 Å². The summed E-state index contributed by atoms with van der Waals surface area (Å²) in [7, 11) is 0. The van der Waals surface area contributed by atoms with Gasteiger partial charge in [0.05, 0.1) is 30.0 Å². The molecular weight excluding hydrogens is 708 g/mol. The minimum absolute atomic E-state index is 0.0497. The van der Waals surface area contributed by atoms with E-state index >= 15 is 0 Å². The van der Waals surface area contributed by atoms with Gasteiger partial charge in [-0.15, -0.1) is 10.2 Å². The van der Waals surface area contributed by atoms with Crippen molar-refractivity contribution in [1.82, 2.24) is 25.0 Å². The maximum atomic E-state index is 14.1. The molecule has 12 nitrogen and oxygen atoms in total. The summed E-state index contributed by atoms with van der Waals surface area (Å²) in [5, 5.41) is 21.0. The van der Waals surface area contributed by atoms with Crippen molar-refractivity contribution < 1.29 is 33.0 Å². The van der Waals surface area contributed by atoms with Crippen LogP contribution in [0.4, 0.5) is 20.2 Å². The molecule has 14 heteroatoms. The first-order valence-electron chi connectivity index (χ1n) is 18.8. The third-order valence-electron chi connectivity index (χ3n) is 11.6. The number of halogens is 2. The number of rotatable bonds is 6. The van der Waals surface area contributed by atoms with Crippen molar-refractivity contribution in [3.63, 3.8) is 0 Å². The van der Waals surface area contributed by atoms with Gasteiger partial charge in [-0.2, -0.15) is 0 Å². The number of anilines is 2. The van der Waals surface area contributed by atoms with Crippen molar-refractivity contribution >= 4 is 40.1 Å². The van der Waals surface area contributed by atoms with Crippen molar-refractivity contribution in [2.24, 2.45) is 0 Å². The number of aromatic nitrogens is 3. The van der Waals surface area contributed by atoms with E-state index in [-0.39, 0.29) is 35.0 Å². The van der Waals surface area contributed by atoms with Crippen LogP contribution < -0.4 is 19.9 Å². The molecule has 9 rings (SSSR count). The molecule has 0 bridgehead atoms. The van der Waals surface area contributed by atoms with Gasteiger partial charge in [-0.3, -0.25) is 24.6 Å². The number of imide groups is 1. The smallest absolute Gasteiger partial charge is 0.249 e. The lowest BCUT2D eigenvalue weighted by Gasteiger charge is -2.42. The Morgan fingerprint density at radius 2 is 1.65 bits per heavy atom. The van der Waals surface area contributed by atoms with Gasteiger partial charge in [0.15, 0.2) is 11.6 Å². The van der Waals surface area contributed by atoms with Gasteiger partial charge < -0.3 is 24.2 Å². The van der Waals surface area contributed by atoms with E-state index in [1.165, 1.54) is 5.56 Å². The van der Waals surface area contributed by atoms with E-state index in [9.17, 15) is 28.3 Å². The first kappa shape index (κ1) is 34.9. The minimum Gasteiger partial charge on any atom is -0.504 e. The van der Waals surface area contributed by atoms with E-state index in [0.717, 1.165) is 61.1 Å². The molecule has 3 fully saturated rings. The van der Waals surface area contributed by atoms with Crippen LogP contribution in [0.25, 0.3) is 28.0 Å². The minimum atomic E-state index is -1.08. The molecule has 3 amide bonds. The second-order valence-electron chi connectivity index (χ2n) is 14.7. The molecule has 2 N–H and O–H groups in total. The topological polar surface area (TPSA) is 133 Å². The van der Waals surface area contributed by atoms with E-state index in [0.29, 0.717) is 68.1 Å². The molecule has 4 aliphatic rings. The number of amides is 3. The average molecular weight is 748 g/mol. The Kier molecular flexibility index (Phi) is 8.92. The van der Waals surface area contributed by atoms with Crippen LogP contribution in [0.15, 0.2) is 72.9 Å². The number of para-hydroxylation sites is 1. The van der Waals surface area contributed by atoms with Crippen molar-refractivity contribution in [3.8, 4) is 28.4 Å². The summed E-state index contributed by atoms with van der Waals surface area (Å²) in [5.41, 5.74) is 4.92. The lowest BCUT2D eigenvalue weighted by atomic mass is 9.80. The molecule has 2 aromatic heterocycles. The largest absolute Gasteiger partial charge is 0.504 e. The van der Waals surface area contributed by atoms with Crippen LogP contribution in [0.5, 0.6) is 11.5 Å². The van der Waals surface area contributed by atoms with Gasteiger partial charge in [0, 0.05) is 54.8 Å². The number of carbonyl (C=O) groups is 3. The fraction of sp³-hybridized carbons (Fsp3) is 0.341. The molecule has 282 valence electrons. The van der Waals surface area contributed by atoms with Crippen molar-refractivity contribution in [1.29, 1.82) is 0 Å². The summed E-state index contributed by atoms with van der Waals surface area (Å²) in [5.74, 6) is -1.86. The van der Waals surface area contributed by atoms with E-state index in [1.807, 2.05) is 52.1 Å². The van der Waals surface area contributed by atoms with Crippen LogP contribution in [0.1, 0.15) is 50.0 Å². The van der Waals surface area contributed by atoms with Crippen LogP contribution >= 0.6 is 0 Å². The molecule has 0 radical (unpaired) electrons. The Balaban J connectivity index is 0.840. The SMILES string of the molecule is O=C1CCC(N2CCOc3c(C4CCC(N5CCN(c6ccc(-n7ccc8nnc(-c9cc(F)cc(F)c9O)cc87)cc6)C(=O)C5)CC4)cccc32)C(=O)N1. The van der Waals surface area contributed by atoms with Gasteiger partial charge in [-0.05, 0) is 92.1 Å². The van der Waals surface area contributed by atoms with E-state index in [1.54, 1.807) is 12.1 Å².